The highest BCUT2D eigenvalue weighted by molar-refractivity contribution is 7.22. The SMILES string of the molecule is COCC(C)NC(=O)C1CCN(c2nc3ccc(C)cc3s2)CC1. The first-order chi connectivity index (χ1) is 11.6. The Morgan fingerprint density at radius 3 is 2.92 bits per heavy atom. The Kier molecular flexibility index (Phi) is 5.36. The average Bonchev–Trinajstić information content (AvgIpc) is 2.98. The zero-order valence-electron chi connectivity index (χ0n) is 14.5. The first-order valence-electron chi connectivity index (χ1n) is 8.48. The van der Waals surface area contributed by atoms with Crippen LogP contribution in [0, 0.1) is 12.8 Å². The fraction of sp³-hybridized carbons (Fsp3) is 0.556. The van der Waals surface area contributed by atoms with Gasteiger partial charge in [0.15, 0.2) is 5.13 Å². The number of carbonyl (C=O) groups excluding carboxylic acids is 1. The predicted molar refractivity (Wildman–Crippen MR) is 98.8 cm³/mol. The zero-order chi connectivity index (χ0) is 17.1. The Hall–Kier alpha value is -1.66. The van der Waals surface area contributed by atoms with Crippen LogP contribution in [0.2, 0.25) is 0 Å². The van der Waals surface area contributed by atoms with Crippen LogP contribution in [0.1, 0.15) is 25.3 Å². The molecule has 1 unspecified atom stereocenters. The van der Waals surface area contributed by atoms with Gasteiger partial charge in [-0.2, -0.15) is 0 Å². The first kappa shape index (κ1) is 17.2. The summed E-state index contributed by atoms with van der Waals surface area (Å²) in [6.07, 6.45) is 1.75. The summed E-state index contributed by atoms with van der Waals surface area (Å²) in [6.45, 7) is 6.40. The summed E-state index contributed by atoms with van der Waals surface area (Å²) < 4.78 is 6.31. The number of carbonyl (C=O) groups is 1. The lowest BCUT2D eigenvalue weighted by molar-refractivity contribution is -0.126. The van der Waals surface area contributed by atoms with E-state index in [1.807, 2.05) is 6.92 Å². The Morgan fingerprint density at radius 2 is 2.21 bits per heavy atom. The lowest BCUT2D eigenvalue weighted by Crippen LogP contribution is -2.44. The minimum Gasteiger partial charge on any atom is -0.383 e. The number of aryl methyl sites for hydroxylation is 1. The Morgan fingerprint density at radius 1 is 1.46 bits per heavy atom. The number of hydrogen-bond acceptors (Lipinski definition) is 5. The molecule has 1 amide bonds. The van der Waals surface area contributed by atoms with Gasteiger partial charge in [0.1, 0.15) is 0 Å². The molecule has 0 aliphatic carbocycles. The van der Waals surface area contributed by atoms with Gasteiger partial charge in [-0.3, -0.25) is 4.79 Å². The van der Waals surface area contributed by atoms with Crippen LogP contribution in [0.15, 0.2) is 18.2 Å². The van der Waals surface area contributed by atoms with Crippen LogP contribution in [-0.4, -0.2) is 43.7 Å². The third kappa shape index (κ3) is 3.87. The second kappa shape index (κ2) is 7.49. The lowest BCUT2D eigenvalue weighted by atomic mass is 9.96. The van der Waals surface area contributed by atoms with E-state index in [-0.39, 0.29) is 17.9 Å². The van der Waals surface area contributed by atoms with Gasteiger partial charge in [0.25, 0.3) is 0 Å². The molecule has 1 aliphatic rings. The highest BCUT2D eigenvalue weighted by Crippen LogP contribution is 2.32. The van der Waals surface area contributed by atoms with Crippen molar-refractivity contribution in [3.05, 3.63) is 23.8 Å². The first-order valence-corrected chi connectivity index (χ1v) is 9.30. The van der Waals surface area contributed by atoms with E-state index in [9.17, 15) is 4.79 Å². The molecule has 0 spiro atoms. The van der Waals surface area contributed by atoms with Gasteiger partial charge in [-0.1, -0.05) is 17.4 Å². The Bertz CT molecular complexity index is 707. The molecule has 2 heterocycles. The maximum atomic E-state index is 12.3. The highest BCUT2D eigenvalue weighted by Gasteiger charge is 2.27. The monoisotopic (exact) mass is 347 g/mol. The number of hydrogen-bond donors (Lipinski definition) is 1. The highest BCUT2D eigenvalue weighted by atomic mass is 32.1. The average molecular weight is 347 g/mol. The molecule has 24 heavy (non-hydrogen) atoms. The van der Waals surface area contributed by atoms with Gasteiger partial charge in [0.05, 0.1) is 16.8 Å². The number of nitrogens with zero attached hydrogens (tertiary/aromatic N) is 2. The standard InChI is InChI=1S/C18H25N3O2S/c1-12-4-5-15-16(10-12)24-18(20-15)21-8-6-14(7-9-21)17(22)19-13(2)11-23-3/h4-5,10,13-14H,6-9,11H2,1-3H3,(H,19,22). The molecule has 1 aromatic heterocycles. The molecule has 1 aromatic carbocycles. The largest absolute Gasteiger partial charge is 0.383 e. The van der Waals surface area contributed by atoms with E-state index in [0.717, 1.165) is 36.6 Å². The van der Waals surface area contributed by atoms with E-state index in [1.54, 1.807) is 18.4 Å². The van der Waals surface area contributed by atoms with Crippen molar-refractivity contribution in [3.8, 4) is 0 Å². The van der Waals surface area contributed by atoms with Crippen LogP contribution in [-0.2, 0) is 9.53 Å². The number of amides is 1. The minimum atomic E-state index is 0.0630. The van der Waals surface area contributed by atoms with Crippen molar-refractivity contribution in [1.82, 2.24) is 10.3 Å². The number of benzene rings is 1. The van der Waals surface area contributed by atoms with E-state index in [2.05, 4.69) is 35.3 Å². The van der Waals surface area contributed by atoms with Crippen LogP contribution < -0.4 is 10.2 Å². The summed E-state index contributed by atoms with van der Waals surface area (Å²) in [5, 5.41) is 4.11. The molecule has 1 atom stereocenters. The lowest BCUT2D eigenvalue weighted by Gasteiger charge is -2.31. The summed E-state index contributed by atoms with van der Waals surface area (Å²) in [7, 11) is 1.65. The number of fused-ring (bicyclic) bond motifs is 1. The van der Waals surface area contributed by atoms with Gasteiger partial charge in [-0.15, -0.1) is 0 Å². The molecule has 5 nitrogen and oxygen atoms in total. The Balaban J connectivity index is 1.58. The van der Waals surface area contributed by atoms with E-state index in [0.29, 0.717) is 6.61 Å². The van der Waals surface area contributed by atoms with Crippen LogP contribution in [0.4, 0.5) is 5.13 Å². The number of aromatic nitrogens is 1. The van der Waals surface area contributed by atoms with Gasteiger partial charge >= 0.3 is 0 Å². The van der Waals surface area contributed by atoms with Crippen molar-refractivity contribution < 1.29 is 9.53 Å². The van der Waals surface area contributed by atoms with Crippen molar-refractivity contribution in [2.45, 2.75) is 32.7 Å². The molecule has 3 rings (SSSR count). The molecule has 1 saturated heterocycles. The molecule has 1 fully saturated rings. The summed E-state index contributed by atoms with van der Waals surface area (Å²) >= 11 is 1.74. The number of anilines is 1. The minimum absolute atomic E-state index is 0.0630. The van der Waals surface area contributed by atoms with Crippen molar-refractivity contribution >= 4 is 32.6 Å². The third-order valence-electron chi connectivity index (χ3n) is 4.47. The van der Waals surface area contributed by atoms with Gasteiger partial charge in [-0.25, -0.2) is 4.98 Å². The van der Waals surface area contributed by atoms with Crippen molar-refractivity contribution in [2.75, 3.05) is 31.7 Å². The third-order valence-corrected chi connectivity index (χ3v) is 5.55. The van der Waals surface area contributed by atoms with Gasteiger partial charge < -0.3 is 15.0 Å². The van der Waals surface area contributed by atoms with E-state index in [4.69, 9.17) is 9.72 Å². The number of piperidine rings is 1. The molecule has 0 saturated carbocycles. The zero-order valence-corrected chi connectivity index (χ0v) is 15.4. The van der Waals surface area contributed by atoms with E-state index in [1.165, 1.54) is 10.3 Å². The summed E-state index contributed by atoms with van der Waals surface area (Å²) in [4.78, 5) is 19.4. The number of ether oxygens (including phenoxy) is 1. The van der Waals surface area contributed by atoms with Crippen LogP contribution >= 0.6 is 11.3 Å². The summed E-state index contributed by atoms with van der Waals surface area (Å²) in [5.41, 5.74) is 2.33. The van der Waals surface area contributed by atoms with Gasteiger partial charge in [-0.05, 0) is 44.4 Å². The number of thiazole rings is 1. The molecule has 6 heteroatoms. The normalized spacial score (nSPS) is 17.2. The smallest absolute Gasteiger partial charge is 0.223 e. The number of nitrogens with one attached hydrogen (secondary N) is 1. The molecular formula is C18H25N3O2S. The van der Waals surface area contributed by atoms with Crippen molar-refractivity contribution in [2.24, 2.45) is 5.92 Å². The van der Waals surface area contributed by atoms with Crippen molar-refractivity contribution in [3.63, 3.8) is 0 Å². The van der Waals surface area contributed by atoms with Gasteiger partial charge in [0.2, 0.25) is 5.91 Å². The fourth-order valence-corrected chi connectivity index (χ4v) is 4.26. The van der Waals surface area contributed by atoms with Gasteiger partial charge in [0, 0.05) is 32.2 Å². The second-order valence-electron chi connectivity index (χ2n) is 6.59. The number of methoxy groups -OCH3 is 1. The topological polar surface area (TPSA) is 54.5 Å². The van der Waals surface area contributed by atoms with Crippen molar-refractivity contribution in [1.29, 1.82) is 0 Å². The Labute approximate surface area is 147 Å². The van der Waals surface area contributed by atoms with E-state index >= 15 is 0 Å². The molecule has 1 N–H and O–H groups in total. The molecule has 1 aliphatic heterocycles. The molecule has 0 radical (unpaired) electrons. The molecule has 130 valence electrons. The predicted octanol–water partition coefficient (Wildman–Crippen LogP) is 2.97. The second-order valence-corrected chi connectivity index (χ2v) is 7.60. The quantitative estimate of drug-likeness (QED) is 0.903. The molecular weight excluding hydrogens is 322 g/mol. The fourth-order valence-electron chi connectivity index (χ4n) is 3.14. The summed E-state index contributed by atoms with van der Waals surface area (Å²) in [6, 6.07) is 6.44. The van der Waals surface area contributed by atoms with E-state index < -0.39 is 0 Å². The maximum Gasteiger partial charge on any atom is 0.223 e. The van der Waals surface area contributed by atoms with Crippen LogP contribution in [0.3, 0.4) is 0 Å². The molecule has 2 aromatic rings. The van der Waals surface area contributed by atoms with Crippen LogP contribution in [0.5, 0.6) is 0 Å². The molecule has 0 bridgehead atoms. The maximum absolute atomic E-state index is 12.3. The number of rotatable bonds is 5. The van der Waals surface area contributed by atoms with Crippen LogP contribution in [0.25, 0.3) is 10.2 Å². The summed E-state index contributed by atoms with van der Waals surface area (Å²) in [5.74, 6) is 0.247.